The van der Waals surface area contributed by atoms with Crippen LogP contribution in [0.25, 0.3) is 0 Å². The minimum absolute atomic E-state index is 0.0644. The van der Waals surface area contributed by atoms with E-state index in [1.807, 2.05) is 0 Å². The largest absolute Gasteiger partial charge is 0.462 e. The molecule has 0 aliphatic carbocycles. The Balaban J connectivity index is 4.22. The second kappa shape index (κ2) is 40.6. The minimum atomic E-state index is -0.758. The lowest BCUT2D eigenvalue weighted by Gasteiger charge is -2.18. The summed E-state index contributed by atoms with van der Waals surface area (Å²) < 4.78 is 16.7. The van der Waals surface area contributed by atoms with Crippen LogP contribution in [0.15, 0.2) is 0 Å². The first-order valence-corrected chi connectivity index (χ1v) is 22.9. The van der Waals surface area contributed by atoms with E-state index in [4.69, 9.17) is 14.2 Å². The summed E-state index contributed by atoms with van der Waals surface area (Å²) in [6, 6.07) is 0. The smallest absolute Gasteiger partial charge is 0.306 e. The van der Waals surface area contributed by atoms with Gasteiger partial charge in [0.25, 0.3) is 0 Å². The van der Waals surface area contributed by atoms with Crippen LogP contribution in [-0.4, -0.2) is 37.2 Å². The van der Waals surface area contributed by atoms with Crippen molar-refractivity contribution >= 4 is 17.9 Å². The molecule has 0 aliphatic heterocycles. The maximum Gasteiger partial charge on any atom is 0.306 e. The molecule has 6 nitrogen and oxygen atoms in total. The fraction of sp³-hybridized carbons (Fsp3) is 0.935. The number of carbonyl (C=O) groups is 3. The summed E-state index contributed by atoms with van der Waals surface area (Å²) in [5, 5.41) is 0. The van der Waals surface area contributed by atoms with Crippen molar-refractivity contribution < 1.29 is 28.6 Å². The van der Waals surface area contributed by atoms with E-state index in [-0.39, 0.29) is 31.1 Å². The van der Waals surface area contributed by atoms with Crippen molar-refractivity contribution in [3.63, 3.8) is 0 Å². The van der Waals surface area contributed by atoms with Gasteiger partial charge in [0, 0.05) is 19.3 Å². The van der Waals surface area contributed by atoms with Crippen LogP contribution in [0, 0.1) is 5.92 Å². The summed E-state index contributed by atoms with van der Waals surface area (Å²) >= 11 is 0. The Morgan fingerprint density at radius 2 is 0.635 bits per heavy atom. The average molecular weight is 737 g/mol. The van der Waals surface area contributed by atoms with Gasteiger partial charge in [-0.05, 0) is 25.2 Å². The van der Waals surface area contributed by atoms with Gasteiger partial charge in [0.2, 0.25) is 0 Å². The second-order valence-electron chi connectivity index (χ2n) is 16.2. The van der Waals surface area contributed by atoms with Crippen LogP contribution in [0.3, 0.4) is 0 Å². The Bertz CT molecular complexity index is 781. The van der Waals surface area contributed by atoms with Crippen molar-refractivity contribution in [3.8, 4) is 0 Å². The van der Waals surface area contributed by atoms with Crippen molar-refractivity contribution in [2.24, 2.45) is 5.92 Å². The number of ether oxygens (including phenoxy) is 3. The average Bonchev–Trinajstić information content (AvgIpc) is 3.12. The van der Waals surface area contributed by atoms with E-state index in [1.54, 1.807) is 0 Å². The molecule has 6 heteroatoms. The van der Waals surface area contributed by atoms with Gasteiger partial charge in [-0.25, -0.2) is 0 Å². The van der Waals surface area contributed by atoms with Gasteiger partial charge in [-0.15, -0.1) is 0 Å². The molecule has 0 heterocycles. The topological polar surface area (TPSA) is 78.9 Å². The molecule has 0 unspecified atom stereocenters. The zero-order valence-electron chi connectivity index (χ0n) is 35.3. The van der Waals surface area contributed by atoms with Crippen molar-refractivity contribution in [1.82, 2.24) is 0 Å². The van der Waals surface area contributed by atoms with Gasteiger partial charge >= 0.3 is 17.9 Å². The lowest BCUT2D eigenvalue weighted by atomic mass is 10.0. The molecule has 0 aromatic rings. The van der Waals surface area contributed by atoms with Crippen LogP contribution in [0.1, 0.15) is 252 Å². The highest BCUT2D eigenvalue weighted by atomic mass is 16.6. The summed E-state index contributed by atoms with van der Waals surface area (Å²) in [5.41, 5.74) is 0. The molecular formula is C46H88O6. The highest BCUT2D eigenvalue weighted by Gasteiger charge is 2.19. The van der Waals surface area contributed by atoms with Gasteiger partial charge in [0.05, 0.1) is 0 Å². The first-order valence-electron chi connectivity index (χ1n) is 22.9. The molecule has 0 N–H and O–H groups in total. The highest BCUT2D eigenvalue weighted by molar-refractivity contribution is 5.71. The molecule has 0 spiro atoms. The van der Waals surface area contributed by atoms with Gasteiger partial charge in [-0.3, -0.25) is 14.4 Å². The Morgan fingerprint density at radius 1 is 0.365 bits per heavy atom. The number of unbranched alkanes of at least 4 members (excludes halogenated alkanes) is 28. The third-order valence-electron chi connectivity index (χ3n) is 10.3. The molecular weight excluding hydrogens is 649 g/mol. The molecule has 0 saturated carbocycles. The van der Waals surface area contributed by atoms with E-state index < -0.39 is 6.10 Å². The highest BCUT2D eigenvalue weighted by Crippen LogP contribution is 2.16. The number of carbonyl (C=O) groups excluding carboxylic acids is 3. The van der Waals surface area contributed by atoms with Crippen LogP contribution >= 0.6 is 0 Å². The van der Waals surface area contributed by atoms with E-state index in [9.17, 15) is 14.4 Å². The summed E-state index contributed by atoms with van der Waals surface area (Å²) in [6.45, 7) is 8.94. The Hall–Kier alpha value is -1.59. The van der Waals surface area contributed by atoms with Crippen LogP contribution in [0.4, 0.5) is 0 Å². The molecule has 0 rings (SSSR count). The standard InChI is InChI=1S/C46H88O6/c1-5-7-9-11-13-14-15-16-17-18-19-22-26-29-33-37-44(47)50-40-43(52-46(49)39-35-31-24-12-10-8-6-2)41-51-45(48)38-34-30-27-23-20-21-25-28-32-36-42(3)4/h42-43H,5-41H2,1-4H3/t43-/m1/s1. The van der Waals surface area contributed by atoms with Crippen LogP contribution in [0.2, 0.25) is 0 Å². The Kier molecular flexibility index (Phi) is 39.4. The summed E-state index contributed by atoms with van der Waals surface area (Å²) in [6.07, 6.45) is 39.6. The SMILES string of the molecule is CCCCCCCCCCCCCCCCCC(=O)OC[C@H](COC(=O)CCCCCCCCCCCC(C)C)OC(=O)CCCCCCCCC. The molecule has 1 atom stereocenters. The van der Waals surface area contributed by atoms with Gasteiger partial charge in [-0.1, -0.05) is 214 Å². The zero-order valence-corrected chi connectivity index (χ0v) is 35.3. The van der Waals surface area contributed by atoms with Crippen LogP contribution in [-0.2, 0) is 28.6 Å². The third kappa shape index (κ3) is 39.6. The second-order valence-corrected chi connectivity index (χ2v) is 16.2. The predicted octanol–water partition coefficient (Wildman–Crippen LogP) is 14.3. The van der Waals surface area contributed by atoms with Crippen LogP contribution < -0.4 is 0 Å². The molecule has 0 aromatic carbocycles. The van der Waals surface area contributed by atoms with Gasteiger partial charge < -0.3 is 14.2 Å². The van der Waals surface area contributed by atoms with Gasteiger partial charge in [0.1, 0.15) is 13.2 Å². The monoisotopic (exact) mass is 737 g/mol. The van der Waals surface area contributed by atoms with Crippen molar-refractivity contribution in [3.05, 3.63) is 0 Å². The predicted molar refractivity (Wildman–Crippen MR) is 220 cm³/mol. The zero-order chi connectivity index (χ0) is 38.2. The molecule has 0 radical (unpaired) electrons. The Labute approximate surface area is 323 Å². The summed E-state index contributed by atoms with van der Waals surface area (Å²) in [4.78, 5) is 37.6. The number of hydrogen-bond donors (Lipinski definition) is 0. The summed E-state index contributed by atoms with van der Waals surface area (Å²) in [5.74, 6) is -0.0524. The molecule has 0 bridgehead atoms. The van der Waals surface area contributed by atoms with E-state index in [2.05, 4.69) is 27.7 Å². The molecule has 0 fully saturated rings. The number of esters is 3. The third-order valence-corrected chi connectivity index (χ3v) is 10.3. The minimum Gasteiger partial charge on any atom is -0.462 e. The van der Waals surface area contributed by atoms with E-state index in [1.165, 1.54) is 148 Å². The van der Waals surface area contributed by atoms with Crippen molar-refractivity contribution in [1.29, 1.82) is 0 Å². The fourth-order valence-corrected chi connectivity index (χ4v) is 6.80. The fourth-order valence-electron chi connectivity index (χ4n) is 6.80. The van der Waals surface area contributed by atoms with Crippen molar-refractivity contribution in [2.75, 3.05) is 13.2 Å². The van der Waals surface area contributed by atoms with Crippen LogP contribution in [0.5, 0.6) is 0 Å². The maximum absolute atomic E-state index is 12.6. The molecule has 0 amide bonds. The molecule has 0 aromatic heterocycles. The van der Waals surface area contributed by atoms with Gasteiger partial charge in [-0.2, -0.15) is 0 Å². The lowest BCUT2D eigenvalue weighted by molar-refractivity contribution is -0.167. The molecule has 0 aliphatic rings. The normalized spacial score (nSPS) is 11.9. The lowest BCUT2D eigenvalue weighted by Crippen LogP contribution is -2.30. The number of hydrogen-bond acceptors (Lipinski definition) is 6. The number of rotatable bonds is 41. The van der Waals surface area contributed by atoms with E-state index in [0.29, 0.717) is 19.3 Å². The summed E-state index contributed by atoms with van der Waals surface area (Å²) in [7, 11) is 0. The maximum atomic E-state index is 12.6. The first kappa shape index (κ1) is 50.4. The quantitative estimate of drug-likeness (QED) is 0.0353. The Morgan fingerprint density at radius 3 is 0.942 bits per heavy atom. The van der Waals surface area contributed by atoms with Crippen molar-refractivity contribution in [2.45, 2.75) is 259 Å². The molecule has 308 valence electrons. The molecule has 0 saturated heterocycles. The first-order chi connectivity index (χ1) is 25.4. The van der Waals surface area contributed by atoms with E-state index in [0.717, 1.165) is 63.7 Å². The molecule has 52 heavy (non-hydrogen) atoms. The van der Waals surface area contributed by atoms with Gasteiger partial charge in [0.15, 0.2) is 6.10 Å². The van der Waals surface area contributed by atoms with E-state index >= 15 is 0 Å².